The van der Waals surface area contributed by atoms with Crippen molar-refractivity contribution in [3.63, 3.8) is 0 Å². The number of rotatable bonds is 4. The van der Waals surface area contributed by atoms with E-state index in [9.17, 15) is 0 Å². The fourth-order valence-corrected chi connectivity index (χ4v) is 2.92. The molecule has 90 valence electrons. The Kier molecular flexibility index (Phi) is 4.60. The van der Waals surface area contributed by atoms with Crippen LogP contribution in [0, 0.1) is 11.8 Å². The lowest BCUT2D eigenvalue weighted by Gasteiger charge is -2.42. The highest BCUT2D eigenvalue weighted by atomic mass is 16.5. The minimum absolute atomic E-state index is 0.0694. The van der Waals surface area contributed by atoms with Gasteiger partial charge in [0, 0.05) is 12.6 Å². The molecule has 0 aromatic carbocycles. The molecule has 1 aliphatic rings. The van der Waals surface area contributed by atoms with Crippen molar-refractivity contribution in [2.24, 2.45) is 17.6 Å². The van der Waals surface area contributed by atoms with Gasteiger partial charge < -0.3 is 10.5 Å². The van der Waals surface area contributed by atoms with E-state index in [4.69, 9.17) is 10.5 Å². The normalized spacial score (nSPS) is 26.2. The maximum atomic E-state index is 6.08. The van der Waals surface area contributed by atoms with E-state index in [-0.39, 0.29) is 5.60 Å². The summed E-state index contributed by atoms with van der Waals surface area (Å²) in [6, 6.07) is 0.344. The summed E-state index contributed by atoms with van der Waals surface area (Å²) >= 11 is 0. The van der Waals surface area contributed by atoms with Crippen LogP contribution in [0.25, 0.3) is 0 Å². The Morgan fingerprint density at radius 1 is 1.20 bits per heavy atom. The lowest BCUT2D eigenvalue weighted by molar-refractivity contribution is -0.107. The first-order chi connectivity index (χ1) is 6.93. The van der Waals surface area contributed by atoms with Crippen LogP contribution in [0.5, 0.6) is 0 Å². The molecule has 0 aromatic rings. The topological polar surface area (TPSA) is 35.2 Å². The van der Waals surface area contributed by atoms with E-state index in [0.29, 0.717) is 17.9 Å². The fraction of sp³-hybridized carbons (Fsp3) is 1.00. The Bertz CT molecular complexity index is 173. The van der Waals surface area contributed by atoms with Crippen LogP contribution in [-0.2, 0) is 4.74 Å². The van der Waals surface area contributed by atoms with Crippen molar-refractivity contribution < 1.29 is 4.74 Å². The van der Waals surface area contributed by atoms with E-state index in [0.717, 1.165) is 32.3 Å². The average Bonchev–Trinajstić information content (AvgIpc) is 1.99. The fourth-order valence-electron chi connectivity index (χ4n) is 2.92. The van der Waals surface area contributed by atoms with Gasteiger partial charge in [-0.05, 0) is 37.5 Å². The summed E-state index contributed by atoms with van der Waals surface area (Å²) < 4.78 is 6.08. The second kappa shape index (κ2) is 5.31. The van der Waals surface area contributed by atoms with Crippen LogP contribution in [0.15, 0.2) is 0 Å². The van der Waals surface area contributed by atoms with Crippen LogP contribution in [0.4, 0.5) is 0 Å². The minimum atomic E-state index is 0.0694. The molecular weight excluding hydrogens is 186 g/mol. The van der Waals surface area contributed by atoms with E-state index in [2.05, 4.69) is 27.7 Å². The molecule has 1 fully saturated rings. The van der Waals surface area contributed by atoms with Crippen LogP contribution in [-0.4, -0.2) is 18.2 Å². The molecule has 0 spiro atoms. The quantitative estimate of drug-likeness (QED) is 0.779. The van der Waals surface area contributed by atoms with Crippen molar-refractivity contribution in [1.82, 2.24) is 0 Å². The van der Waals surface area contributed by atoms with E-state index in [1.54, 1.807) is 0 Å². The molecule has 2 N–H and O–H groups in total. The van der Waals surface area contributed by atoms with Gasteiger partial charge >= 0.3 is 0 Å². The van der Waals surface area contributed by atoms with Crippen molar-refractivity contribution in [3.8, 4) is 0 Å². The third-order valence-electron chi connectivity index (χ3n) is 3.09. The standard InChI is InChI=1S/C13H27NO/c1-10(2)7-13(8-11(3)4)9-12(14)5-6-15-13/h10-12H,5-9,14H2,1-4H3. The Hall–Kier alpha value is -0.0800. The van der Waals surface area contributed by atoms with E-state index < -0.39 is 0 Å². The Morgan fingerprint density at radius 3 is 2.13 bits per heavy atom. The maximum Gasteiger partial charge on any atom is 0.0702 e. The second-order valence-corrected chi connectivity index (χ2v) is 5.98. The van der Waals surface area contributed by atoms with Gasteiger partial charge in [0.1, 0.15) is 0 Å². The predicted octanol–water partition coefficient (Wildman–Crippen LogP) is 2.96. The van der Waals surface area contributed by atoms with Crippen molar-refractivity contribution >= 4 is 0 Å². The molecule has 1 rings (SSSR count). The van der Waals surface area contributed by atoms with Crippen molar-refractivity contribution in [2.45, 2.75) is 65.0 Å². The maximum absolute atomic E-state index is 6.08. The number of hydrogen-bond acceptors (Lipinski definition) is 2. The first-order valence-electron chi connectivity index (χ1n) is 6.33. The minimum Gasteiger partial charge on any atom is -0.375 e. The highest BCUT2D eigenvalue weighted by molar-refractivity contribution is 4.90. The molecule has 1 saturated heterocycles. The van der Waals surface area contributed by atoms with Crippen LogP contribution in [0.1, 0.15) is 53.4 Å². The van der Waals surface area contributed by atoms with Gasteiger partial charge in [-0.15, -0.1) is 0 Å². The zero-order chi connectivity index (χ0) is 11.5. The molecule has 1 unspecified atom stereocenters. The van der Waals surface area contributed by atoms with Crippen molar-refractivity contribution in [2.75, 3.05) is 6.61 Å². The Labute approximate surface area is 94.6 Å². The molecule has 0 amide bonds. The monoisotopic (exact) mass is 213 g/mol. The summed E-state index contributed by atoms with van der Waals surface area (Å²) in [7, 11) is 0. The lowest BCUT2D eigenvalue weighted by atomic mass is 9.78. The smallest absolute Gasteiger partial charge is 0.0702 e. The van der Waals surface area contributed by atoms with Gasteiger partial charge in [0.2, 0.25) is 0 Å². The summed E-state index contributed by atoms with van der Waals surface area (Å²) in [5, 5.41) is 0. The molecule has 0 saturated carbocycles. The number of hydrogen-bond donors (Lipinski definition) is 1. The van der Waals surface area contributed by atoms with Gasteiger partial charge in [-0.25, -0.2) is 0 Å². The summed E-state index contributed by atoms with van der Waals surface area (Å²) in [6.07, 6.45) is 4.37. The summed E-state index contributed by atoms with van der Waals surface area (Å²) in [4.78, 5) is 0. The van der Waals surface area contributed by atoms with E-state index >= 15 is 0 Å². The molecule has 2 nitrogen and oxygen atoms in total. The first kappa shape index (κ1) is 13.0. The molecule has 1 atom stereocenters. The number of ether oxygens (including phenoxy) is 1. The molecular formula is C13H27NO. The average molecular weight is 213 g/mol. The third kappa shape index (κ3) is 4.12. The molecule has 0 aromatic heterocycles. The van der Waals surface area contributed by atoms with Gasteiger partial charge in [-0.1, -0.05) is 27.7 Å². The van der Waals surface area contributed by atoms with Crippen LogP contribution >= 0.6 is 0 Å². The highest BCUT2D eigenvalue weighted by Gasteiger charge is 2.37. The zero-order valence-electron chi connectivity index (χ0n) is 10.8. The number of nitrogens with two attached hydrogens (primary N) is 1. The largest absolute Gasteiger partial charge is 0.375 e. The summed E-state index contributed by atoms with van der Waals surface area (Å²) in [5.41, 5.74) is 6.15. The summed E-state index contributed by atoms with van der Waals surface area (Å²) in [6.45, 7) is 9.93. The molecule has 0 aliphatic carbocycles. The molecule has 1 aliphatic heterocycles. The molecule has 15 heavy (non-hydrogen) atoms. The van der Waals surface area contributed by atoms with E-state index in [1.807, 2.05) is 0 Å². The van der Waals surface area contributed by atoms with Crippen molar-refractivity contribution in [3.05, 3.63) is 0 Å². The van der Waals surface area contributed by atoms with Crippen LogP contribution in [0.3, 0.4) is 0 Å². The SMILES string of the molecule is CC(C)CC1(CC(C)C)CC(N)CCO1. The predicted molar refractivity (Wildman–Crippen MR) is 64.8 cm³/mol. The summed E-state index contributed by atoms with van der Waals surface area (Å²) in [5.74, 6) is 1.38. The van der Waals surface area contributed by atoms with E-state index in [1.165, 1.54) is 0 Å². The Morgan fingerprint density at radius 2 is 1.73 bits per heavy atom. The van der Waals surface area contributed by atoms with Gasteiger partial charge in [0.05, 0.1) is 5.60 Å². The third-order valence-corrected chi connectivity index (χ3v) is 3.09. The first-order valence-corrected chi connectivity index (χ1v) is 6.33. The zero-order valence-corrected chi connectivity index (χ0v) is 10.8. The molecule has 2 heteroatoms. The van der Waals surface area contributed by atoms with Gasteiger partial charge in [0.15, 0.2) is 0 Å². The molecule has 1 heterocycles. The second-order valence-electron chi connectivity index (χ2n) is 5.98. The lowest BCUT2D eigenvalue weighted by Crippen LogP contribution is -2.46. The van der Waals surface area contributed by atoms with Gasteiger partial charge in [0.25, 0.3) is 0 Å². The van der Waals surface area contributed by atoms with Crippen molar-refractivity contribution in [1.29, 1.82) is 0 Å². The van der Waals surface area contributed by atoms with Crippen LogP contribution in [0.2, 0.25) is 0 Å². The highest BCUT2D eigenvalue weighted by Crippen LogP contribution is 2.36. The molecule has 0 bridgehead atoms. The van der Waals surface area contributed by atoms with Gasteiger partial charge in [-0.3, -0.25) is 0 Å². The van der Waals surface area contributed by atoms with Crippen LogP contribution < -0.4 is 5.73 Å². The Balaban J connectivity index is 2.65. The molecule has 0 radical (unpaired) electrons. The van der Waals surface area contributed by atoms with Gasteiger partial charge in [-0.2, -0.15) is 0 Å².